The third kappa shape index (κ3) is 4.16. The second-order valence-electron chi connectivity index (χ2n) is 7.44. The van der Waals surface area contributed by atoms with Gasteiger partial charge in [-0.2, -0.15) is 0 Å². The minimum Gasteiger partial charge on any atom is -0.457 e. The Hall–Kier alpha value is -4.53. The SMILES string of the molecule is CCc1ccc(N2C(=O)NC(=O)/C(=C\c3ccc(-c4ccc(C)c([N+](=O)[O-])c4)o3)C2=O)cc1. The van der Waals surface area contributed by atoms with Crippen LogP contribution in [0.3, 0.4) is 0 Å². The molecule has 4 amide bonds. The molecule has 0 aliphatic carbocycles. The number of nitro benzene ring substituents is 1. The number of hydrogen-bond acceptors (Lipinski definition) is 6. The minimum atomic E-state index is -0.838. The molecule has 9 heteroatoms. The minimum absolute atomic E-state index is 0.0473. The van der Waals surface area contributed by atoms with E-state index in [4.69, 9.17) is 4.42 Å². The topological polar surface area (TPSA) is 123 Å². The molecule has 1 aromatic heterocycles. The Labute approximate surface area is 188 Å². The molecule has 4 rings (SSSR count). The highest BCUT2D eigenvalue weighted by molar-refractivity contribution is 6.39. The lowest BCUT2D eigenvalue weighted by molar-refractivity contribution is -0.385. The third-order valence-electron chi connectivity index (χ3n) is 5.31. The number of benzene rings is 2. The first kappa shape index (κ1) is 21.7. The van der Waals surface area contributed by atoms with Crippen LogP contribution in [0.15, 0.2) is 64.6 Å². The quantitative estimate of drug-likeness (QED) is 0.269. The Bertz CT molecular complexity index is 1320. The molecule has 2 aromatic carbocycles. The first-order valence-corrected chi connectivity index (χ1v) is 10.1. The van der Waals surface area contributed by atoms with Gasteiger partial charge in [0.05, 0.1) is 10.6 Å². The van der Waals surface area contributed by atoms with Crippen LogP contribution in [0.2, 0.25) is 0 Å². The van der Waals surface area contributed by atoms with Crippen LogP contribution in [0, 0.1) is 17.0 Å². The fourth-order valence-corrected chi connectivity index (χ4v) is 3.46. The van der Waals surface area contributed by atoms with Crippen molar-refractivity contribution in [1.82, 2.24) is 5.32 Å². The van der Waals surface area contributed by atoms with E-state index in [-0.39, 0.29) is 17.0 Å². The zero-order chi connectivity index (χ0) is 23.7. The summed E-state index contributed by atoms with van der Waals surface area (Å²) in [5.74, 6) is -1.11. The number of nitrogens with zero attached hydrogens (tertiary/aromatic N) is 2. The molecule has 0 radical (unpaired) electrons. The fourth-order valence-electron chi connectivity index (χ4n) is 3.46. The van der Waals surface area contributed by atoms with Gasteiger partial charge in [-0.05, 0) is 49.2 Å². The van der Waals surface area contributed by atoms with E-state index in [1.165, 1.54) is 18.2 Å². The van der Waals surface area contributed by atoms with Crippen molar-refractivity contribution in [1.29, 1.82) is 0 Å². The van der Waals surface area contributed by atoms with Crippen LogP contribution in [0.5, 0.6) is 0 Å². The van der Waals surface area contributed by atoms with Crippen molar-refractivity contribution in [3.63, 3.8) is 0 Å². The Morgan fingerprint density at radius 3 is 2.45 bits per heavy atom. The molecule has 0 unspecified atom stereocenters. The van der Waals surface area contributed by atoms with Crippen molar-refractivity contribution in [2.75, 3.05) is 4.90 Å². The van der Waals surface area contributed by atoms with Crippen molar-refractivity contribution in [3.05, 3.63) is 87.2 Å². The number of anilines is 1. The van der Waals surface area contributed by atoms with Crippen molar-refractivity contribution in [2.24, 2.45) is 0 Å². The normalized spacial score (nSPS) is 15.2. The summed E-state index contributed by atoms with van der Waals surface area (Å²) in [7, 11) is 0. The van der Waals surface area contributed by atoms with Gasteiger partial charge in [0.2, 0.25) is 0 Å². The van der Waals surface area contributed by atoms with E-state index in [1.54, 1.807) is 49.4 Å². The summed E-state index contributed by atoms with van der Waals surface area (Å²) in [4.78, 5) is 49.3. The molecule has 0 spiro atoms. The maximum absolute atomic E-state index is 13.0. The van der Waals surface area contributed by atoms with Crippen LogP contribution in [-0.2, 0) is 16.0 Å². The zero-order valence-electron chi connectivity index (χ0n) is 17.8. The largest absolute Gasteiger partial charge is 0.457 e. The molecule has 2 heterocycles. The number of urea groups is 1. The molecule has 3 aromatic rings. The van der Waals surface area contributed by atoms with Gasteiger partial charge < -0.3 is 4.42 Å². The van der Waals surface area contributed by atoms with Crippen LogP contribution < -0.4 is 10.2 Å². The van der Waals surface area contributed by atoms with Crippen molar-refractivity contribution < 1.29 is 23.7 Å². The third-order valence-corrected chi connectivity index (χ3v) is 5.31. The van der Waals surface area contributed by atoms with E-state index in [2.05, 4.69) is 5.32 Å². The molecule has 0 atom stereocenters. The summed E-state index contributed by atoms with van der Waals surface area (Å²) in [6.07, 6.45) is 2.04. The summed E-state index contributed by atoms with van der Waals surface area (Å²) in [6.45, 7) is 3.62. The van der Waals surface area contributed by atoms with E-state index >= 15 is 0 Å². The van der Waals surface area contributed by atoms with Gasteiger partial charge in [-0.1, -0.05) is 31.2 Å². The maximum atomic E-state index is 13.0. The van der Waals surface area contributed by atoms with Gasteiger partial charge in [-0.15, -0.1) is 0 Å². The van der Waals surface area contributed by atoms with Crippen LogP contribution in [0.4, 0.5) is 16.2 Å². The first-order chi connectivity index (χ1) is 15.8. The number of nitrogens with one attached hydrogen (secondary N) is 1. The highest BCUT2D eigenvalue weighted by Crippen LogP contribution is 2.29. The first-order valence-electron chi connectivity index (χ1n) is 10.1. The van der Waals surface area contributed by atoms with Crippen molar-refractivity contribution in [2.45, 2.75) is 20.3 Å². The molecule has 1 fully saturated rings. The monoisotopic (exact) mass is 445 g/mol. The summed E-state index contributed by atoms with van der Waals surface area (Å²) >= 11 is 0. The van der Waals surface area contributed by atoms with Gasteiger partial charge in [0.1, 0.15) is 17.1 Å². The van der Waals surface area contributed by atoms with E-state index in [0.717, 1.165) is 16.9 Å². The fraction of sp³-hybridized carbons (Fsp3) is 0.125. The number of barbiturate groups is 1. The zero-order valence-corrected chi connectivity index (χ0v) is 17.8. The Morgan fingerprint density at radius 1 is 1.06 bits per heavy atom. The second-order valence-corrected chi connectivity index (χ2v) is 7.44. The second kappa shape index (κ2) is 8.54. The average molecular weight is 445 g/mol. The molecule has 166 valence electrons. The molecule has 9 nitrogen and oxygen atoms in total. The highest BCUT2D eigenvalue weighted by Gasteiger charge is 2.37. The van der Waals surface area contributed by atoms with Crippen molar-refractivity contribution in [3.8, 4) is 11.3 Å². The molecular formula is C24H19N3O6. The lowest BCUT2D eigenvalue weighted by Crippen LogP contribution is -2.54. The standard InChI is InChI=1S/C24H19N3O6/c1-3-15-5-8-17(9-6-15)26-23(29)19(22(28)25-24(26)30)13-18-10-11-21(33-18)16-7-4-14(2)20(12-16)27(31)32/h4-13H,3H2,1-2H3,(H,25,28,30)/b19-13+. The van der Waals surface area contributed by atoms with Gasteiger partial charge in [0.25, 0.3) is 17.5 Å². The molecule has 1 N–H and O–H groups in total. The highest BCUT2D eigenvalue weighted by atomic mass is 16.6. The number of carbonyl (C=O) groups excluding carboxylic acids is 3. The summed E-state index contributed by atoms with van der Waals surface area (Å²) in [5.41, 5.74) is 2.04. The predicted molar refractivity (Wildman–Crippen MR) is 120 cm³/mol. The number of imide groups is 2. The number of aryl methyl sites for hydroxylation is 2. The van der Waals surface area contributed by atoms with Crippen LogP contribution in [0.25, 0.3) is 17.4 Å². The Kier molecular flexibility index (Phi) is 5.61. The number of furan rings is 1. The summed E-state index contributed by atoms with van der Waals surface area (Å²) in [5, 5.41) is 13.4. The van der Waals surface area contributed by atoms with Gasteiger partial charge in [-0.25, -0.2) is 9.69 Å². The van der Waals surface area contributed by atoms with Crippen LogP contribution >= 0.6 is 0 Å². The Balaban J connectivity index is 1.66. The summed E-state index contributed by atoms with van der Waals surface area (Å²) in [6, 6.07) is 13.8. The van der Waals surface area contributed by atoms with Crippen LogP contribution in [0.1, 0.15) is 23.8 Å². The average Bonchev–Trinajstić information content (AvgIpc) is 3.26. The van der Waals surface area contributed by atoms with Gasteiger partial charge >= 0.3 is 6.03 Å². The van der Waals surface area contributed by atoms with Gasteiger partial charge in [-0.3, -0.25) is 25.0 Å². The van der Waals surface area contributed by atoms with E-state index in [0.29, 0.717) is 22.6 Å². The molecular weight excluding hydrogens is 426 g/mol. The number of rotatable bonds is 5. The molecule has 33 heavy (non-hydrogen) atoms. The number of carbonyl (C=O) groups is 3. The van der Waals surface area contributed by atoms with Crippen LogP contribution in [-0.4, -0.2) is 22.8 Å². The van der Waals surface area contributed by atoms with Gasteiger partial charge in [0, 0.05) is 17.2 Å². The van der Waals surface area contributed by atoms with Gasteiger partial charge in [0.15, 0.2) is 0 Å². The summed E-state index contributed by atoms with van der Waals surface area (Å²) < 4.78 is 5.71. The van der Waals surface area contributed by atoms with Crippen molar-refractivity contribution >= 4 is 35.3 Å². The number of nitro groups is 1. The number of hydrogen-bond donors (Lipinski definition) is 1. The molecule has 1 aliphatic heterocycles. The maximum Gasteiger partial charge on any atom is 0.335 e. The molecule has 1 saturated heterocycles. The smallest absolute Gasteiger partial charge is 0.335 e. The number of amides is 4. The molecule has 0 saturated carbocycles. The van der Waals surface area contributed by atoms with E-state index < -0.39 is 22.8 Å². The Morgan fingerprint density at radius 2 is 1.79 bits per heavy atom. The molecule has 0 bridgehead atoms. The molecule has 1 aliphatic rings. The van der Waals surface area contributed by atoms with E-state index in [1.807, 2.05) is 6.92 Å². The van der Waals surface area contributed by atoms with E-state index in [9.17, 15) is 24.5 Å². The predicted octanol–water partition coefficient (Wildman–Crippen LogP) is 4.39. The lowest BCUT2D eigenvalue weighted by Gasteiger charge is -2.26. The lowest BCUT2D eigenvalue weighted by atomic mass is 10.1.